The number of urea groups is 1. The number of nitrogens with zero attached hydrogens (tertiary/aromatic N) is 1. The molecular formula is C17H25N3O3. The van der Waals surface area contributed by atoms with E-state index in [2.05, 4.69) is 10.6 Å². The van der Waals surface area contributed by atoms with E-state index in [0.29, 0.717) is 44.0 Å². The molecule has 3 amide bonds. The summed E-state index contributed by atoms with van der Waals surface area (Å²) in [7, 11) is 1.65. The minimum Gasteiger partial charge on any atom is -0.492 e. The zero-order chi connectivity index (χ0) is 16.8. The minimum absolute atomic E-state index is 0.00223. The molecule has 0 spiro atoms. The number of hydrogen-bond donors (Lipinski definition) is 2. The van der Waals surface area contributed by atoms with Gasteiger partial charge in [0.1, 0.15) is 5.75 Å². The molecule has 1 fully saturated rings. The number of likely N-dealkylation sites (tertiary alicyclic amines) is 1. The van der Waals surface area contributed by atoms with Crippen molar-refractivity contribution < 1.29 is 14.3 Å². The average Bonchev–Trinajstić information content (AvgIpc) is 2.57. The molecule has 6 heteroatoms. The van der Waals surface area contributed by atoms with E-state index in [1.165, 1.54) is 0 Å². The number of nitrogens with one attached hydrogen (secondary N) is 2. The molecule has 0 aliphatic carbocycles. The van der Waals surface area contributed by atoms with E-state index in [1.807, 2.05) is 32.0 Å². The number of carbonyl (C=O) groups is 2. The summed E-state index contributed by atoms with van der Waals surface area (Å²) in [5, 5.41) is 5.58. The van der Waals surface area contributed by atoms with Crippen molar-refractivity contribution in [1.82, 2.24) is 10.2 Å². The smallest absolute Gasteiger partial charge is 0.321 e. The van der Waals surface area contributed by atoms with E-state index < -0.39 is 0 Å². The summed E-state index contributed by atoms with van der Waals surface area (Å²) in [6, 6.07) is 5.56. The topological polar surface area (TPSA) is 70.7 Å². The highest BCUT2D eigenvalue weighted by molar-refractivity contribution is 5.91. The van der Waals surface area contributed by atoms with Gasteiger partial charge in [-0.05, 0) is 44.4 Å². The average molecular weight is 319 g/mol. The number of aryl methyl sites for hydroxylation is 1. The number of ether oxygens (including phenoxy) is 1. The summed E-state index contributed by atoms with van der Waals surface area (Å²) >= 11 is 0. The van der Waals surface area contributed by atoms with E-state index in [1.54, 1.807) is 11.9 Å². The number of rotatable bonds is 4. The first kappa shape index (κ1) is 17.1. The molecule has 1 aromatic rings. The highest BCUT2D eigenvalue weighted by Crippen LogP contribution is 2.26. The summed E-state index contributed by atoms with van der Waals surface area (Å²) in [4.78, 5) is 25.8. The fraction of sp³-hybridized carbons (Fsp3) is 0.529. The van der Waals surface area contributed by atoms with Crippen molar-refractivity contribution in [3.63, 3.8) is 0 Å². The third-order valence-corrected chi connectivity index (χ3v) is 4.08. The van der Waals surface area contributed by atoms with Gasteiger partial charge in [0.15, 0.2) is 0 Å². The second-order valence-corrected chi connectivity index (χ2v) is 5.74. The van der Waals surface area contributed by atoms with Crippen LogP contribution in [0.3, 0.4) is 0 Å². The van der Waals surface area contributed by atoms with Crippen molar-refractivity contribution >= 4 is 17.6 Å². The van der Waals surface area contributed by atoms with E-state index in [0.717, 1.165) is 5.56 Å². The first-order chi connectivity index (χ1) is 11.0. The van der Waals surface area contributed by atoms with Gasteiger partial charge in [-0.3, -0.25) is 4.79 Å². The zero-order valence-corrected chi connectivity index (χ0v) is 14.0. The predicted octanol–water partition coefficient (Wildman–Crippen LogP) is 2.38. The van der Waals surface area contributed by atoms with Crippen molar-refractivity contribution in [1.29, 1.82) is 0 Å². The maximum Gasteiger partial charge on any atom is 0.321 e. The minimum atomic E-state index is -0.148. The summed E-state index contributed by atoms with van der Waals surface area (Å²) in [5.74, 6) is 0.741. The second-order valence-electron chi connectivity index (χ2n) is 5.74. The number of amides is 3. The number of hydrogen-bond acceptors (Lipinski definition) is 3. The van der Waals surface area contributed by atoms with Crippen LogP contribution in [0.25, 0.3) is 0 Å². The maximum absolute atomic E-state index is 12.4. The van der Waals surface area contributed by atoms with E-state index in [4.69, 9.17) is 4.74 Å². The Morgan fingerprint density at radius 2 is 2.00 bits per heavy atom. The number of anilines is 1. The molecule has 0 bridgehead atoms. The SMILES string of the molecule is CCOc1cc(C)ccc1NC(=O)N1CCC(C(=O)NC)CC1. The van der Waals surface area contributed by atoms with Gasteiger partial charge in [0, 0.05) is 26.1 Å². The highest BCUT2D eigenvalue weighted by Gasteiger charge is 2.27. The zero-order valence-electron chi connectivity index (χ0n) is 14.0. The Hall–Kier alpha value is -2.24. The Balaban J connectivity index is 1.97. The molecule has 0 unspecified atom stereocenters. The lowest BCUT2D eigenvalue weighted by molar-refractivity contribution is -0.125. The quantitative estimate of drug-likeness (QED) is 0.895. The van der Waals surface area contributed by atoms with Crippen LogP contribution in [-0.2, 0) is 4.79 Å². The molecule has 23 heavy (non-hydrogen) atoms. The van der Waals surface area contributed by atoms with Crippen molar-refractivity contribution in [2.24, 2.45) is 5.92 Å². The number of carbonyl (C=O) groups excluding carboxylic acids is 2. The molecule has 0 radical (unpaired) electrons. The molecule has 1 aliphatic rings. The van der Waals surface area contributed by atoms with Gasteiger partial charge < -0.3 is 20.3 Å². The molecule has 126 valence electrons. The first-order valence-electron chi connectivity index (χ1n) is 8.06. The standard InChI is InChI=1S/C17H25N3O3/c1-4-23-15-11-12(2)5-6-14(15)19-17(22)20-9-7-13(8-10-20)16(21)18-3/h5-6,11,13H,4,7-10H2,1-3H3,(H,18,21)(H,19,22). The maximum atomic E-state index is 12.4. The molecule has 1 aliphatic heterocycles. The van der Waals surface area contributed by atoms with Crippen LogP contribution < -0.4 is 15.4 Å². The van der Waals surface area contributed by atoms with Gasteiger partial charge >= 0.3 is 6.03 Å². The van der Waals surface area contributed by atoms with Gasteiger partial charge in [-0.2, -0.15) is 0 Å². The summed E-state index contributed by atoms with van der Waals surface area (Å²) in [5.41, 5.74) is 1.76. The van der Waals surface area contributed by atoms with Gasteiger partial charge in [0.25, 0.3) is 0 Å². The third-order valence-electron chi connectivity index (χ3n) is 4.08. The van der Waals surface area contributed by atoms with Crippen LogP contribution in [0.5, 0.6) is 5.75 Å². The van der Waals surface area contributed by atoms with E-state index in [-0.39, 0.29) is 17.9 Å². The third kappa shape index (κ3) is 4.37. The lowest BCUT2D eigenvalue weighted by atomic mass is 9.96. The summed E-state index contributed by atoms with van der Waals surface area (Å²) in [6.45, 7) is 5.61. The monoisotopic (exact) mass is 319 g/mol. The van der Waals surface area contributed by atoms with E-state index in [9.17, 15) is 9.59 Å². The largest absolute Gasteiger partial charge is 0.492 e. The van der Waals surface area contributed by atoms with Gasteiger partial charge in [-0.1, -0.05) is 6.07 Å². The normalized spacial score (nSPS) is 15.2. The molecule has 0 aromatic heterocycles. The van der Waals surface area contributed by atoms with Crippen molar-refractivity contribution in [3.8, 4) is 5.75 Å². The lowest BCUT2D eigenvalue weighted by Gasteiger charge is -2.31. The Morgan fingerprint density at radius 1 is 1.30 bits per heavy atom. The molecule has 2 N–H and O–H groups in total. The summed E-state index contributed by atoms with van der Waals surface area (Å²) < 4.78 is 5.58. The molecule has 0 atom stereocenters. The van der Waals surface area contributed by atoms with Crippen molar-refractivity contribution in [3.05, 3.63) is 23.8 Å². The van der Waals surface area contributed by atoms with Crippen LogP contribution in [0, 0.1) is 12.8 Å². The Labute approximate surface area is 137 Å². The Bertz CT molecular complexity index is 566. The van der Waals surface area contributed by atoms with Crippen molar-refractivity contribution in [2.45, 2.75) is 26.7 Å². The van der Waals surface area contributed by atoms with Crippen LogP contribution >= 0.6 is 0 Å². The van der Waals surface area contributed by atoms with Crippen LogP contribution in [0.2, 0.25) is 0 Å². The number of benzene rings is 1. The van der Waals surface area contributed by atoms with Crippen LogP contribution in [-0.4, -0.2) is 43.6 Å². The number of piperidine rings is 1. The Morgan fingerprint density at radius 3 is 2.61 bits per heavy atom. The molecule has 1 aromatic carbocycles. The molecule has 2 rings (SSSR count). The van der Waals surface area contributed by atoms with Gasteiger partial charge in [-0.15, -0.1) is 0 Å². The lowest BCUT2D eigenvalue weighted by Crippen LogP contribution is -2.44. The predicted molar refractivity (Wildman–Crippen MR) is 89.7 cm³/mol. The van der Waals surface area contributed by atoms with Gasteiger partial charge in [0.2, 0.25) is 5.91 Å². The van der Waals surface area contributed by atoms with E-state index >= 15 is 0 Å². The van der Waals surface area contributed by atoms with Gasteiger partial charge in [0.05, 0.1) is 12.3 Å². The molecule has 1 heterocycles. The van der Waals surface area contributed by atoms with Crippen LogP contribution in [0.4, 0.5) is 10.5 Å². The second kappa shape index (κ2) is 7.85. The summed E-state index contributed by atoms with van der Waals surface area (Å²) in [6.07, 6.45) is 1.39. The van der Waals surface area contributed by atoms with Crippen LogP contribution in [0.15, 0.2) is 18.2 Å². The van der Waals surface area contributed by atoms with Crippen LogP contribution in [0.1, 0.15) is 25.3 Å². The Kier molecular flexibility index (Phi) is 5.84. The highest BCUT2D eigenvalue weighted by atomic mass is 16.5. The van der Waals surface area contributed by atoms with Gasteiger partial charge in [-0.25, -0.2) is 4.79 Å². The molecular weight excluding hydrogens is 294 g/mol. The molecule has 1 saturated heterocycles. The fourth-order valence-corrected chi connectivity index (χ4v) is 2.75. The van der Waals surface area contributed by atoms with Crippen molar-refractivity contribution in [2.75, 3.05) is 32.1 Å². The fourth-order valence-electron chi connectivity index (χ4n) is 2.75. The molecule has 6 nitrogen and oxygen atoms in total. The first-order valence-corrected chi connectivity index (χ1v) is 8.06. The molecule has 0 saturated carbocycles.